The van der Waals surface area contributed by atoms with Gasteiger partial charge in [-0.1, -0.05) is 41.9 Å². The summed E-state index contributed by atoms with van der Waals surface area (Å²) < 4.78 is 27.0. The number of benzene rings is 3. The van der Waals surface area contributed by atoms with Crippen LogP contribution in [0.25, 0.3) is 0 Å². The lowest BCUT2D eigenvalue weighted by atomic mass is 10.2. The molecule has 0 atom stereocenters. The number of phenols is 1. The Bertz CT molecular complexity index is 1120. The van der Waals surface area contributed by atoms with Crippen LogP contribution in [0.3, 0.4) is 0 Å². The van der Waals surface area contributed by atoms with Gasteiger partial charge in [0.2, 0.25) is 0 Å². The molecule has 0 aliphatic carbocycles. The van der Waals surface area contributed by atoms with Crippen LogP contribution in [-0.4, -0.2) is 26.5 Å². The zero-order chi connectivity index (χ0) is 20.3. The predicted molar refractivity (Wildman–Crippen MR) is 110 cm³/mol. The second kappa shape index (κ2) is 7.92. The highest BCUT2D eigenvalue weighted by Gasteiger charge is 2.27. The van der Waals surface area contributed by atoms with Crippen LogP contribution in [0.5, 0.6) is 5.75 Å². The molecule has 0 bridgehead atoms. The minimum Gasteiger partial charge on any atom is -0.506 e. The quantitative estimate of drug-likeness (QED) is 0.654. The first kappa shape index (κ1) is 19.7. The Balaban J connectivity index is 1.96. The number of hydrogen-bond acceptors (Lipinski definition) is 4. The van der Waals surface area contributed by atoms with Crippen molar-refractivity contribution in [3.63, 3.8) is 0 Å². The van der Waals surface area contributed by atoms with Gasteiger partial charge in [0.15, 0.2) is 0 Å². The van der Waals surface area contributed by atoms with Gasteiger partial charge in [-0.15, -0.1) is 0 Å². The number of nitrogens with one attached hydrogen (secondary N) is 1. The van der Waals surface area contributed by atoms with E-state index in [2.05, 4.69) is 5.32 Å². The van der Waals surface area contributed by atoms with Gasteiger partial charge < -0.3 is 10.4 Å². The van der Waals surface area contributed by atoms with E-state index in [1.54, 1.807) is 36.4 Å². The molecular weight excluding hydrogens is 400 g/mol. The Labute approximate surface area is 168 Å². The van der Waals surface area contributed by atoms with E-state index in [1.165, 1.54) is 37.4 Å². The topological polar surface area (TPSA) is 86.7 Å². The molecule has 0 saturated carbocycles. The Morgan fingerprint density at radius 2 is 1.64 bits per heavy atom. The molecule has 2 N–H and O–H groups in total. The van der Waals surface area contributed by atoms with Crippen molar-refractivity contribution in [3.05, 3.63) is 83.4 Å². The minimum absolute atomic E-state index is 0.0291. The number of para-hydroxylation sites is 3. The smallest absolute Gasteiger partial charge is 0.265 e. The van der Waals surface area contributed by atoms with Crippen molar-refractivity contribution in [1.82, 2.24) is 0 Å². The SMILES string of the molecule is CN(c1ccccc1O)S(=O)(=O)c1cc(C(=O)Nc2ccccc2)ccc1Cl. The van der Waals surface area contributed by atoms with Crippen LogP contribution in [0, 0.1) is 0 Å². The highest BCUT2D eigenvalue weighted by atomic mass is 35.5. The molecule has 0 radical (unpaired) electrons. The zero-order valence-corrected chi connectivity index (χ0v) is 16.4. The third-order valence-electron chi connectivity index (χ3n) is 4.08. The van der Waals surface area contributed by atoms with Crippen LogP contribution in [0.4, 0.5) is 11.4 Å². The molecule has 28 heavy (non-hydrogen) atoms. The summed E-state index contributed by atoms with van der Waals surface area (Å²) in [5.41, 5.74) is 0.813. The van der Waals surface area contributed by atoms with Gasteiger partial charge in [-0.05, 0) is 42.5 Å². The van der Waals surface area contributed by atoms with E-state index in [9.17, 15) is 18.3 Å². The van der Waals surface area contributed by atoms with Gasteiger partial charge in [0.25, 0.3) is 15.9 Å². The van der Waals surface area contributed by atoms with Crippen LogP contribution >= 0.6 is 11.6 Å². The number of phenolic OH excluding ortho intramolecular Hbond substituents is 1. The van der Waals surface area contributed by atoms with Gasteiger partial charge in [0.1, 0.15) is 10.6 Å². The fourth-order valence-electron chi connectivity index (χ4n) is 2.57. The van der Waals surface area contributed by atoms with Gasteiger partial charge in [-0.2, -0.15) is 0 Å². The van der Waals surface area contributed by atoms with Gasteiger partial charge in [0.05, 0.1) is 10.7 Å². The summed E-state index contributed by atoms with van der Waals surface area (Å²) >= 11 is 6.12. The summed E-state index contributed by atoms with van der Waals surface area (Å²) in [4.78, 5) is 12.3. The minimum atomic E-state index is -4.11. The first-order chi connectivity index (χ1) is 13.3. The lowest BCUT2D eigenvalue weighted by Gasteiger charge is -2.21. The van der Waals surface area contributed by atoms with Crippen molar-refractivity contribution >= 4 is 38.9 Å². The molecule has 0 saturated heterocycles. The van der Waals surface area contributed by atoms with Crippen molar-refractivity contribution in [3.8, 4) is 5.75 Å². The molecule has 3 aromatic carbocycles. The zero-order valence-electron chi connectivity index (χ0n) is 14.8. The number of amides is 1. The molecule has 0 aromatic heterocycles. The van der Waals surface area contributed by atoms with Crippen molar-refractivity contribution in [1.29, 1.82) is 0 Å². The fourth-order valence-corrected chi connectivity index (χ4v) is 4.28. The first-order valence-electron chi connectivity index (χ1n) is 8.23. The molecule has 0 aliphatic heterocycles. The third kappa shape index (κ3) is 3.95. The van der Waals surface area contributed by atoms with E-state index in [4.69, 9.17) is 11.6 Å². The van der Waals surface area contributed by atoms with Gasteiger partial charge in [-0.3, -0.25) is 9.10 Å². The molecular formula is C20H17ClN2O4S. The Morgan fingerprint density at radius 3 is 2.32 bits per heavy atom. The van der Waals surface area contributed by atoms with Gasteiger partial charge >= 0.3 is 0 Å². The number of aromatic hydroxyl groups is 1. The molecule has 144 valence electrons. The van der Waals surface area contributed by atoms with Crippen LogP contribution in [0.2, 0.25) is 5.02 Å². The molecule has 3 aromatic rings. The number of halogens is 1. The molecule has 0 aliphatic rings. The lowest BCUT2D eigenvalue weighted by Crippen LogP contribution is -2.27. The molecule has 0 heterocycles. The van der Waals surface area contributed by atoms with E-state index in [0.29, 0.717) is 5.69 Å². The standard InChI is InChI=1S/C20H17ClN2O4S/c1-23(17-9-5-6-10-18(17)24)28(26,27)19-13-14(11-12-16(19)21)20(25)22-15-7-3-2-4-8-15/h2-13,24H,1H3,(H,22,25). The van der Waals surface area contributed by atoms with Crippen LogP contribution in [0.1, 0.15) is 10.4 Å². The van der Waals surface area contributed by atoms with Crippen LogP contribution in [0.15, 0.2) is 77.7 Å². The van der Waals surface area contributed by atoms with Crippen LogP contribution in [-0.2, 0) is 10.0 Å². The maximum Gasteiger partial charge on any atom is 0.265 e. The first-order valence-corrected chi connectivity index (χ1v) is 10.1. The molecule has 6 nitrogen and oxygen atoms in total. The molecule has 8 heteroatoms. The number of sulfonamides is 1. The second-order valence-electron chi connectivity index (χ2n) is 5.93. The summed E-state index contributed by atoms with van der Waals surface area (Å²) in [6.45, 7) is 0. The Kier molecular flexibility index (Phi) is 5.58. The van der Waals surface area contributed by atoms with Gasteiger partial charge in [-0.25, -0.2) is 8.42 Å². The summed E-state index contributed by atoms with van der Waals surface area (Å²) in [7, 11) is -2.81. The van der Waals surface area contributed by atoms with E-state index in [1.807, 2.05) is 6.07 Å². The molecule has 0 unspecified atom stereocenters. The molecule has 0 fully saturated rings. The normalized spacial score (nSPS) is 11.1. The van der Waals surface area contributed by atoms with Crippen molar-refractivity contribution in [2.75, 3.05) is 16.7 Å². The summed E-state index contributed by atoms with van der Waals surface area (Å²) in [6, 6.07) is 18.8. The Hall–Kier alpha value is -3.03. The van der Waals surface area contributed by atoms with E-state index in [-0.39, 0.29) is 26.9 Å². The van der Waals surface area contributed by atoms with E-state index < -0.39 is 15.9 Å². The number of rotatable bonds is 5. The number of hydrogen-bond donors (Lipinski definition) is 2. The fraction of sp³-hybridized carbons (Fsp3) is 0.0500. The number of nitrogens with zero attached hydrogens (tertiary/aromatic N) is 1. The predicted octanol–water partition coefficient (Wildman–Crippen LogP) is 4.12. The highest BCUT2D eigenvalue weighted by molar-refractivity contribution is 7.93. The monoisotopic (exact) mass is 416 g/mol. The summed E-state index contributed by atoms with van der Waals surface area (Å²) in [6.07, 6.45) is 0. The summed E-state index contributed by atoms with van der Waals surface area (Å²) in [5, 5.41) is 12.6. The average molecular weight is 417 g/mol. The maximum absolute atomic E-state index is 13.0. The second-order valence-corrected chi connectivity index (χ2v) is 8.27. The number of anilines is 2. The van der Waals surface area contributed by atoms with Gasteiger partial charge in [0, 0.05) is 18.3 Å². The van der Waals surface area contributed by atoms with E-state index in [0.717, 1.165) is 4.31 Å². The Morgan fingerprint density at radius 1 is 1.00 bits per heavy atom. The van der Waals surface area contributed by atoms with Crippen molar-refractivity contribution < 1.29 is 18.3 Å². The largest absolute Gasteiger partial charge is 0.506 e. The number of carbonyl (C=O) groups is 1. The lowest BCUT2D eigenvalue weighted by molar-refractivity contribution is 0.102. The van der Waals surface area contributed by atoms with Crippen molar-refractivity contribution in [2.24, 2.45) is 0 Å². The van der Waals surface area contributed by atoms with E-state index >= 15 is 0 Å². The molecule has 3 rings (SSSR count). The highest BCUT2D eigenvalue weighted by Crippen LogP contribution is 2.32. The maximum atomic E-state index is 13.0. The molecule has 0 spiro atoms. The molecule has 1 amide bonds. The van der Waals surface area contributed by atoms with Crippen molar-refractivity contribution in [2.45, 2.75) is 4.90 Å². The summed E-state index contributed by atoms with van der Waals surface area (Å²) in [5.74, 6) is -0.660. The van der Waals surface area contributed by atoms with Crippen LogP contribution < -0.4 is 9.62 Å². The average Bonchev–Trinajstić information content (AvgIpc) is 2.68. The number of carbonyl (C=O) groups excluding carboxylic acids is 1. The third-order valence-corrected chi connectivity index (χ3v) is 6.34.